The van der Waals surface area contributed by atoms with Crippen LogP contribution in [0.3, 0.4) is 0 Å². The molecule has 3 aromatic rings. The second-order valence-corrected chi connectivity index (χ2v) is 8.94. The highest BCUT2D eigenvalue weighted by Crippen LogP contribution is 2.45. The molecule has 1 aromatic carbocycles. The molecule has 3 heterocycles. The Balaban J connectivity index is 1.92. The van der Waals surface area contributed by atoms with E-state index in [1.54, 1.807) is 19.1 Å². The predicted molar refractivity (Wildman–Crippen MR) is 100 cm³/mol. The van der Waals surface area contributed by atoms with Crippen LogP contribution in [0.5, 0.6) is 0 Å². The highest BCUT2D eigenvalue weighted by Gasteiger charge is 2.64. The van der Waals surface area contributed by atoms with Crippen molar-refractivity contribution < 1.29 is 28.5 Å². The Morgan fingerprint density at radius 1 is 1.24 bits per heavy atom. The van der Waals surface area contributed by atoms with Crippen LogP contribution in [0.2, 0.25) is 0 Å². The van der Waals surface area contributed by atoms with E-state index in [0.717, 1.165) is 16.5 Å². The molecule has 0 spiro atoms. The number of nitrogen functional groups attached to an aromatic ring is 1. The molecule has 4 rings (SSSR count). The number of fused-ring (bicyclic) bond motifs is 1. The lowest BCUT2D eigenvalue weighted by Gasteiger charge is -2.31. The van der Waals surface area contributed by atoms with Gasteiger partial charge in [-0.1, -0.05) is 17.7 Å². The van der Waals surface area contributed by atoms with Crippen molar-refractivity contribution in [2.45, 2.75) is 35.2 Å². The molecule has 29 heavy (non-hydrogen) atoms. The summed E-state index contributed by atoms with van der Waals surface area (Å²) in [6.45, 7) is 1.07. The Labute approximate surface area is 165 Å². The van der Waals surface area contributed by atoms with Crippen LogP contribution in [-0.4, -0.2) is 67.0 Å². The van der Waals surface area contributed by atoms with E-state index in [4.69, 9.17) is 10.5 Å². The summed E-state index contributed by atoms with van der Waals surface area (Å²) in [7, 11) is -4.55. The molecule has 5 N–H and O–H groups in total. The maximum absolute atomic E-state index is 13.4. The first-order valence-corrected chi connectivity index (χ1v) is 10.1. The lowest BCUT2D eigenvalue weighted by molar-refractivity contribution is -0.0615. The zero-order valence-corrected chi connectivity index (χ0v) is 16.1. The fraction of sp³-hybridized carbons (Fsp3) is 0.353. The van der Waals surface area contributed by atoms with Gasteiger partial charge < -0.3 is 25.8 Å². The van der Waals surface area contributed by atoms with Gasteiger partial charge in [-0.15, -0.1) is 0 Å². The number of anilines is 1. The van der Waals surface area contributed by atoms with Crippen LogP contribution >= 0.6 is 0 Å². The van der Waals surface area contributed by atoms with Gasteiger partial charge in [0.05, 0.1) is 17.8 Å². The minimum Gasteiger partial charge on any atom is -0.394 e. The van der Waals surface area contributed by atoms with E-state index in [1.807, 2.05) is 0 Å². The van der Waals surface area contributed by atoms with Crippen LogP contribution < -0.4 is 5.73 Å². The topological polar surface area (TPSA) is 174 Å². The summed E-state index contributed by atoms with van der Waals surface area (Å²) < 4.78 is 33.5. The summed E-state index contributed by atoms with van der Waals surface area (Å²) >= 11 is 0. The van der Waals surface area contributed by atoms with Crippen molar-refractivity contribution >= 4 is 26.8 Å². The Morgan fingerprint density at radius 2 is 1.93 bits per heavy atom. The van der Waals surface area contributed by atoms with Gasteiger partial charge >= 0.3 is 0 Å². The number of aliphatic hydroxyl groups excluding tert-OH is 2. The predicted octanol–water partition coefficient (Wildman–Crippen LogP) is -0.870. The molecule has 0 saturated carbocycles. The summed E-state index contributed by atoms with van der Waals surface area (Å²) in [5, 5.41) is 31.6. The monoisotopic (exact) mass is 421 g/mol. The van der Waals surface area contributed by atoms with E-state index in [1.165, 1.54) is 18.5 Å². The Kier molecular flexibility index (Phi) is 4.55. The zero-order chi connectivity index (χ0) is 21.0. The molecule has 11 nitrogen and oxygen atoms in total. The molecule has 4 atom stereocenters. The third-order valence-electron chi connectivity index (χ3n) is 5.01. The lowest BCUT2D eigenvalue weighted by atomic mass is 10.1. The fourth-order valence-electron chi connectivity index (χ4n) is 3.40. The smallest absolute Gasteiger partial charge is 0.244 e. The molecule has 0 aliphatic carbocycles. The Bertz CT molecular complexity index is 1160. The molecular formula is C17H19N5O6S. The largest absolute Gasteiger partial charge is 0.394 e. The van der Waals surface area contributed by atoms with Crippen molar-refractivity contribution in [3.05, 3.63) is 42.5 Å². The number of nitrogens with zero attached hydrogens (tertiary/aromatic N) is 4. The van der Waals surface area contributed by atoms with E-state index in [9.17, 15) is 23.7 Å². The quantitative estimate of drug-likeness (QED) is 0.414. The summed E-state index contributed by atoms with van der Waals surface area (Å²) in [5.41, 5.74) is 6.86. The van der Waals surface area contributed by atoms with Crippen molar-refractivity contribution in [2.75, 3.05) is 12.3 Å². The average Bonchev–Trinajstić information content (AvgIpc) is 3.23. The van der Waals surface area contributed by atoms with Gasteiger partial charge in [-0.25, -0.2) is 23.4 Å². The molecule has 0 radical (unpaired) electrons. The van der Waals surface area contributed by atoms with E-state index < -0.39 is 39.8 Å². The van der Waals surface area contributed by atoms with Gasteiger partial charge in [0, 0.05) is 0 Å². The van der Waals surface area contributed by atoms with E-state index in [0.29, 0.717) is 0 Å². The fourth-order valence-corrected chi connectivity index (χ4v) is 5.17. The number of benzene rings is 1. The number of ether oxygens (including phenoxy) is 1. The molecule has 0 unspecified atom stereocenters. The van der Waals surface area contributed by atoms with Crippen molar-refractivity contribution in [2.24, 2.45) is 0 Å². The number of rotatable bonds is 4. The highest BCUT2D eigenvalue weighted by molar-refractivity contribution is 7.92. The number of nitrogens with two attached hydrogens (primary N) is 1. The third kappa shape index (κ3) is 2.72. The van der Waals surface area contributed by atoms with Crippen molar-refractivity contribution in [3.8, 4) is 0 Å². The summed E-state index contributed by atoms with van der Waals surface area (Å²) in [4.78, 5) is 8.86. The van der Waals surface area contributed by atoms with Crippen molar-refractivity contribution in [1.29, 1.82) is 0 Å². The molecular weight excluding hydrogens is 402 g/mol. The molecule has 0 bridgehead atoms. The average molecular weight is 421 g/mol. The van der Waals surface area contributed by atoms with Gasteiger partial charge in [-0.3, -0.25) is 4.57 Å². The van der Waals surface area contributed by atoms with Crippen LogP contribution in [-0.2, 0) is 14.6 Å². The van der Waals surface area contributed by atoms with Crippen molar-refractivity contribution in [1.82, 2.24) is 19.5 Å². The van der Waals surface area contributed by atoms with E-state index in [-0.39, 0.29) is 21.9 Å². The molecule has 1 fully saturated rings. The number of imidazole rings is 1. The van der Waals surface area contributed by atoms with Gasteiger partial charge in [0.1, 0.15) is 24.1 Å². The number of aryl methyl sites for hydroxylation is 1. The Morgan fingerprint density at radius 3 is 2.59 bits per heavy atom. The minimum atomic E-state index is -4.55. The molecule has 1 saturated heterocycles. The summed E-state index contributed by atoms with van der Waals surface area (Å²) in [5.74, 6) is 0.0518. The van der Waals surface area contributed by atoms with Crippen LogP contribution in [0.15, 0.2) is 41.8 Å². The second-order valence-electron chi connectivity index (χ2n) is 6.81. The SMILES string of the molecule is Cc1ccc(S(=O)(=O)[C@@]2(O)[C@H](O)[C@@H](CO)O[C@H]2n2cnc3c(N)ncnc32)cc1. The number of sulfone groups is 1. The number of aliphatic hydroxyl groups is 3. The van der Waals surface area contributed by atoms with Gasteiger partial charge in [0.2, 0.25) is 14.8 Å². The lowest BCUT2D eigenvalue weighted by Crippen LogP contribution is -2.53. The first kappa shape index (κ1) is 19.7. The van der Waals surface area contributed by atoms with Crippen LogP contribution in [0.1, 0.15) is 11.8 Å². The maximum Gasteiger partial charge on any atom is 0.244 e. The first-order valence-electron chi connectivity index (χ1n) is 8.63. The van der Waals surface area contributed by atoms with Crippen LogP contribution in [0.25, 0.3) is 11.2 Å². The van der Waals surface area contributed by atoms with Gasteiger partial charge in [-0.2, -0.15) is 0 Å². The minimum absolute atomic E-state index is 0.0518. The normalized spacial score (nSPS) is 27.5. The van der Waals surface area contributed by atoms with Crippen molar-refractivity contribution in [3.63, 3.8) is 0 Å². The highest BCUT2D eigenvalue weighted by atomic mass is 32.2. The molecule has 154 valence electrons. The molecule has 0 amide bonds. The van der Waals surface area contributed by atoms with Crippen LogP contribution in [0, 0.1) is 6.92 Å². The first-order chi connectivity index (χ1) is 13.7. The van der Waals surface area contributed by atoms with Gasteiger partial charge in [-0.05, 0) is 19.1 Å². The molecule has 2 aromatic heterocycles. The second kappa shape index (κ2) is 6.71. The summed E-state index contributed by atoms with van der Waals surface area (Å²) in [6, 6.07) is 5.78. The van der Waals surface area contributed by atoms with Gasteiger partial charge in [0.25, 0.3) is 0 Å². The molecule has 12 heteroatoms. The number of aromatic nitrogens is 4. The van der Waals surface area contributed by atoms with Gasteiger partial charge in [0.15, 0.2) is 17.7 Å². The molecule has 1 aliphatic heterocycles. The van der Waals surface area contributed by atoms with E-state index >= 15 is 0 Å². The number of hydrogen-bond donors (Lipinski definition) is 4. The van der Waals surface area contributed by atoms with E-state index in [2.05, 4.69) is 15.0 Å². The summed E-state index contributed by atoms with van der Waals surface area (Å²) in [6.07, 6.45) is -2.62. The zero-order valence-electron chi connectivity index (χ0n) is 15.2. The van der Waals surface area contributed by atoms with Crippen LogP contribution in [0.4, 0.5) is 5.82 Å². The third-order valence-corrected chi connectivity index (χ3v) is 7.21. The molecule has 1 aliphatic rings. The Hall–Kier alpha value is -2.64. The number of hydrogen-bond acceptors (Lipinski definition) is 10. The standard InChI is InChI=1S/C17H19N5O6S/c1-9-2-4-10(5-3-9)29(26,27)17(25)13(24)11(6-23)28-16(17)22-8-21-12-14(18)19-7-20-15(12)22/h2-5,7-8,11,13,16,23-25H,6H2,1H3,(H2,18,19,20)/t11-,13-,16-,17+/m1/s1. The maximum atomic E-state index is 13.4.